The summed E-state index contributed by atoms with van der Waals surface area (Å²) in [5.41, 5.74) is 0.409. The molecule has 1 atom stereocenters. The van der Waals surface area contributed by atoms with Crippen LogP contribution in [-0.4, -0.2) is 55.3 Å². The summed E-state index contributed by atoms with van der Waals surface area (Å²) >= 11 is 0. The molecule has 0 aliphatic rings. The van der Waals surface area contributed by atoms with Gasteiger partial charge < -0.3 is 19.1 Å². The summed E-state index contributed by atoms with van der Waals surface area (Å²) in [6.45, 7) is 14.1. The van der Waals surface area contributed by atoms with Crippen LogP contribution in [0.15, 0.2) is 24.3 Å². The molecule has 0 aliphatic heterocycles. The van der Waals surface area contributed by atoms with Gasteiger partial charge in [-0.1, -0.05) is 13.2 Å². The van der Waals surface area contributed by atoms with E-state index in [9.17, 15) is 14.4 Å². The molecule has 1 amide bonds. The summed E-state index contributed by atoms with van der Waals surface area (Å²) in [6.07, 6.45) is -1.44. The van der Waals surface area contributed by atoms with E-state index in [0.29, 0.717) is 13.1 Å². The first-order valence-corrected chi connectivity index (χ1v) is 7.33. The van der Waals surface area contributed by atoms with Crippen molar-refractivity contribution in [1.29, 1.82) is 0 Å². The lowest BCUT2D eigenvalue weighted by atomic mass is 10.3. The van der Waals surface area contributed by atoms with E-state index in [0.717, 1.165) is 0 Å². The summed E-state index contributed by atoms with van der Waals surface area (Å²) in [5, 5.41) is 0. The van der Waals surface area contributed by atoms with Crippen molar-refractivity contribution in [3.8, 4) is 0 Å². The molecule has 0 radical (unpaired) electrons. The molecule has 0 saturated heterocycles. The lowest BCUT2D eigenvalue weighted by Gasteiger charge is -2.21. The molecule has 0 fully saturated rings. The minimum Gasteiger partial charge on any atom is -0.458 e. The van der Waals surface area contributed by atoms with Gasteiger partial charge in [0.2, 0.25) is 0 Å². The molecule has 0 rings (SSSR count). The highest BCUT2D eigenvalue weighted by atomic mass is 16.6. The smallest absolute Gasteiger partial charge is 0.409 e. The number of amides is 1. The first-order chi connectivity index (χ1) is 10.7. The second-order valence-electron chi connectivity index (χ2n) is 4.94. The summed E-state index contributed by atoms with van der Waals surface area (Å²) < 4.78 is 15.1. The topological polar surface area (TPSA) is 82.1 Å². The van der Waals surface area contributed by atoms with Gasteiger partial charge in [0, 0.05) is 24.2 Å². The molecule has 0 saturated carbocycles. The lowest BCUT2D eigenvalue weighted by Crippen LogP contribution is -2.36. The Hall–Kier alpha value is -2.31. The number of esters is 2. The highest BCUT2D eigenvalue weighted by Crippen LogP contribution is 2.04. The van der Waals surface area contributed by atoms with Gasteiger partial charge in [0.15, 0.2) is 6.10 Å². The molecular formula is C16H25NO6. The zero-order chi connectivity index (χ0) is 18.0. The maximum Gasteiger partial charge on any atom is 0.409 e. The van der Waals surface area contributed by atoms with Crippen LogP contribution in [0.2, 0.25) is 0 Å². The third-order valence-corrected chi connectivity index (χ3v) is 2.79. The Morgan fingerprint density at radius 1 is 0.913 bits per heavy atom. The molecule has 0 spiro atoms. The molecule has 23 heavy (non-hydrogen) atoms. The third kappa shape index (κ3) is 8.04. The number of carbonyl (C=O) groups excluding carboxylic acids is 3. The van der Waals surface area contributed by atoms with Gasteiger partial charge in [0.1, 0.15) is 13.2 Å². The van der Waals surface area contributed by atoms with Crippen LogP contribution in [0, 0.1) is 0 Å². The Labute approximate surface area is 136 Å². The van der Waals surface area contributed by atoms with E-state index < -0.39 is 24.1 Å². The van der Waals surface area contributed by atoms with Crippen molar-refractivity contribution in [3.05, 3.63) is 24.3 Å². The second kappa shape index (κ2) is 10.4. The maximum atomic E-state index is 11.8. The number of carbonyl (C=O) groups is 3. The maximum absolute atomic E-state index is 11.8. The monoisotopic (exact) mass is 327 g/mol. The number of hydrogen-bond acceptors (Lipinski definition) is 6. The van der Waals surface area contributed by atoms with Crippen molar-refractivity contribution in [1.82, 2.24) is 4.90 Å². The molecule has 1 unspecified atom stereocenters. The zero-order valence-electron chi connectivity index (χ0n) is 14.2. The highest BCUT2D eigenvalue weighted by Gasteiger charge is 2.21. The predicted molar refractivity (Wildman–Crippen MR) is 84.7 cm³/mol. The van der Waals surface area contributed by atoms with E-state index in [2.05, 4.69) is 13.2 Å². The van der Waals surface area contributed by atoms with Crippen molar-refractivity contribution in [2.45, 2.75) is 33.8 Å². The van der Waals surface area contributed by atoms with Gasteiger partial charge in [-0.2, -0.15) is 0 Å². The van der Waals surface area contributed by atoms with Gasteiger partial charge >= 0.3 is 18.0 Å². The Kier molecular flexibility index (Phi) is 9.37. The molecule has 0 aliphatic carbocycles. The fraction of sp³-hybridized carbons (Fsp3) is 0.562. The summed E-state index contributed by atoms with van der Waals surface area (Å²) in [4.78, 5) is 36.3. The van der Waals surface area contributed by atoms with Crippen LogP contribution in [0.5, 0.6) is 0 Å². The van der Waals surface area contributed by atoms with Crippen LogP contribution < -0.4 is 0 Å². The van der Waals surface area contributed by atoms with Crippen molar-refractivity contribution in [2.24, 2.45) is 0 Å². The van der Waals surface area contributed by atoms with E-state index in [1.54, 1.807) is 0 Å². The van der Waals surface area contributed by atoms with E-state index in [1.165, 1.54) is 18.7 Å². The quantitative estimate of drug-likeness (QED) is 0.366. The van der Waals surface area contributed by atoms with Crippen LogP contribution in [-0.2, 0) is 23.8 Å². The molecule has 0 aromatic carbocycles. The Morgan fingerprint density at radius 3 is 1.83 bits per heavy atom. The minimum absolute atomic E-state index is 0.191. The lowest BCUT2D eigenvalue weighted by molar-refractivity contribution is -0.156. The fourth-order valence-corrected chi connectivity index (χ4v) is 1.40. The second-order valence-corrected chi connectivity index (χ2v) is 4.94. The molecule has 130 valence electrons. The predicted octanol–water partition coefficient (Wildman–Crippen LogP) is 2.07. The molecule has 0 heterocycles. The highest BCUT2D eigenvalue weighted by molar-refractivity contribution is 5.87. The third-order valence-electron chi connectivity index (χ3n) is 2.79. The average Bonchev–Trinajstić information content (AvgIpc) is 2.50. The van der Waals surface area contributed by atoms with E-state index in [1.807, 2.05) is 13.8 Å². The van der Waals surface area contributed by atoms with Crippen LogP contribution in [0.4, 0.5) is 4.79 Å². The Morgan fingerprint density at radius 2 is 1.39 bits per heavy atom. The summed E-state index contributed by atoms with van der Waals surface area (Å²) in [7, 11) is 0. The molecule has 0 N–H and O–H groups in total. The first-order valence-electron chi connectivity index (χ1n) is 7.33. The standard InChI is InChI=1S/C16H25NO6/c1-7-17(8-2)16(20)22-10-13(23-15(19)12(5)6)9-21-14(18)11(3)4/h13H,3,5,7-10H2,1-2,4,6H3. The van der Waals surface area contributed by atoms with Crippen LogP contribution in [0.3, 0.4) is 0 Å². The van der Waals surface area contributed by atoms with Crippen molar-refractivity contribution < 1.29 is 28.6 Å². The Balaban J connectivity index is 4.68. The van der Waals surface area contributed by atoms with Gasteiger partial charge in [-0.3, -0.25) is 0 Å². The first kappa shape index (κ1) is 20.7. The summed E-state index contributed by atoms with van der Waals surface area (Å²) in [5.74, 6) is -1.27. The largest absolute Gasteiger partial charge is 0.458 e. The van der Waals surface area contributed by atoms with Crippen molar-refractivity contribution in [3.63, 3.8) is 0 Å². The van der Waals surface area contributed by atoms with Crippen LogP contribution in [0.1, 0.15) is 27.7 Å². The van der Waals surface area contributed by atoms with E-state index in [-0.39, 0.29) is 24.4 Å². The fourth-order valence-electron chi connectivity index (χ4n) is 1.40. The van der Waals surface area contributed by atoms with Gasteiger partial charge in [0.25, 0.3) is 0 Å². The van der Waals surface area contributed by atoms with Gasteiger partial charge in [-0.05, 0) is 27.7 Å². The van der Waals surface area contributed by atoms with Gasteiger partial charge in [-0.25, -0.2) is 14.4 Å². The van der Waals surface area contributed by atoms with Crippen molar-refractivity contribution in [2.75, 3.05) is 26.3 Å². The molecule has 0 aromatic rings. The number of rotatable bonds is 9. The van der Waals surface area contributed by atoms with Crippen LogP contribution in [0.25, 0.3) is 0 Å². The zero-order valence-corrected chi connectivity index (χ0v) is 14.2. The van der Waals surface area contributed by atoms with E-state index in [4.69, 9.17) is 14.2 Å². The molecular weight excluding hydrogens is 302 g/mol. The number of hydrogen-bond donors (Lipinski definition) is 0. The normalized spacial score (nSPS) is 11.1. The van der Waals surface area contributed by atoms with Crippen LogP contribution >= 0.6 is 0 Å². The molecule has 7 heteroatoms. The molecule has 7 nitrogen and oxygen atoms in total. The Bertz CT molecular complexity index is 467. The van der Waals surface area contributed by atoms with Gasteiger partial charge in [-0.15, -0.1) is 0 Å². The summed E-state index contributed by atoms with van der Waals surface area (Å²) in [6, 6.07) is 0. The van der Waals surface area contributed by atoms with E-state index >= 15 is 0 Å². The molecule has 0 aromatic heterocycles. The SMILES string of the molecule is C=C(C)C(=O)OCC(COC(=O)N(CC)CC)OC(=O)C(=C)C. The number of nitrogens with zero attached hydrogens (tertiary/aromatic N) is 1. The molecule has 0 bridgehead atoms. The van der Waals surface area contributed by atoms with Gasteiger partial charge in [0.05, 0.1) is 0 Å². The average molecular weight is 327 g/mol. The number of ether oxygens (including phenoxy) is 3. The van der Waals surface area contributed by atoms with Crippen molar-refractivity contribution >= 4 is 18.0 Å². The minimum atomic E-state index is -0.915.